The maximum Gasteiger partial charge on any atom is 0.243 e. The van der Waals surface area contributed by atoms with Crippen LogP contribution in [0.25, 0.3) is 0 Å². The quantitative estimate of drug-likeness (QED) is 0.867. The highest BCUT2D eigenvalue weighted by Crippen LogP contribution is 2.26. The van der Waals surface area contributed by atoms with E-state index in [1.165, 1.54) is 19.0 Å². The Kier molecular flexibility index (Phi) is 4.99. The van der Waals surface area contributed by atoms with Crippen molar-refractivity contribution in [3.8, 4) is 0 Å². The molecule has 0 spiro atoms. The van der Waals surface area contributed by atoms with Crippen molar-refractivity contribution in [2.45, 2.75) is 49.5 Å². The lowest BCUT2D eigenvalue weighted by molar-refractivity contribution is 0.335. The molecule has 0 radical (unpaired) electrons. The number of sulfonamides is 1. The van der Waals surface area contributed by atoms with Gasteiger partial charge in [-0.15, -0.1) is 0 Å². The van der Waals surface area contributed by atoms with Crippen molar-refractivity contribution >= 4 is 15.8 Å². The molecule has 0 saturated heterocycles. The van der Waals surface area contributed by atoms with Crippen LogP contribution in [0.15, 0.2) is 23.2 Å². The van der Waals surface area contributed by atoms with Gasteiger partial charge in [-0.05, 0) is 18.9 Å². The van der Waals surface area contributed by atoms with Crippen LogP contribution in [0.5, 0.6) is 0 Å². The molecule has 112 valence electrons. The van der Waals surface area contributed by atoms with Crippen molar-refractivity contribution in [3.63, 3.8) is 0 Å². The van der Waals surface area contributed by atoms with E-state index in [0.717, 1.165) is 25.7 Å². The summed E-state index contributed by atoms with van der Waals surface area (Å²) >= 11 is 0. The standard InChI is InChI=1S/C14H23N3O2S/c1-15-14-11-13(9-10-16-14)20(18,19)17(2)12-7-5-3-4-6-8-12/h9-12H,3-8H2,1-2H3,(H,15,16). The summed E-state index contributed by atoms with van der Waals surface area (Å²) in [6.45, 7) is 0. The number of anilines is 1. The number of hydrogen-bond acceptors (Lipinski definition) is 4. The van der Waals surface area contributed by atoms with Crippen molar-refractivity contribution in [1.82, 2.24) is 9.29 Å². The molecule has 0 amide bonds. The highest BCUT2D eigenvalue weighted by molar-refractivity contribution is 7.89. The molecule has 1 heterocycles. The minimum absolute atomic E-state index is 0.119. The normalized spacial score (nSPS) is 17.9. The van der Waals surface area contributed by atoms with Gasteiger partial charge in [0.15, 0.2) is 0 Å². The molecule has 0 aliphatic heterocycles. The summed E-state index contributed by atoms with van der Waals surface area (Å²) in [6, 6.07) is 3.26. The Balaban J connectivity index is 2.23. The second-order valence-electron chi connectivity index (χ2n) is 5.29. The van der Waals surface area contributed by atoms with Gasteiger partial charge in [0.2, 0.25) is 10.0 Å². The van der Waals surface area contributed by atoms with Crippen LogP contribution in [-0.4, -0.2) is 37.8 Å². The maximum absolute atomic E-state index is 12.7. The molecule has 0 bridgehead atoms. The molecule has 1 aromatic heterocycles. The van der Waals surface area contributed by atoms with Crippen LogP contribution < -0.4 is 5.32 Å². The summed E-state index contributed by atoms with van der Waals surface area (Å²) in [4.78, 5) is 4.37. The van der Waals surface area contributed by atoms with E-state index in [1.807, 2.05) is 0 Å². The molecule has 1 N–H and O–H groups in total. The third kappa shape index (κ3) is 3.30. The van der Waals surface area contributed by atoms with Gasteiger partial charge in [0, 0.05) is 32.4 Å². The summed E-state index contributed by atoms with van der Waals surface area (Å²) < 4.78 is 26.9. The van der Waals surface area contributed by atoms with Crippen molar-refractivity contribution in [3.05, 3.63) is 18.3 Å². The number of hydrogen-bond donors (Lipinski definition) is 1. The Morgan fingerprint density at radius 1 is 1.25 bits per heavy atom. The summed E-state index contributed by atoms with van der Waals surface area (Å²) in [7, 11) is -0.00496. The van der Waals surface area contributed by atoms with Crippen LogP contribution >= 0.6 is 0 Å². The van der Waals surface area contributed by atoms with Gasteiger partial charge < -0.3 is 5.32 Å². The summed E-state index contributed by atoms with van der Waals surface area (Å²) in [5.41, 5.74) is 0. The third-order valence-electron chi connectivity index (χ3n) is 4.00. The van der Waals surface area contributed by atoms with Crippen molar-refractivity contribution in [2.24, 2.45) is 0 Å². The Hall–Kier alpha value is -1.14. The first-order valence-corrected chi connectivity index (χ1v) is 8.61. The Labute approximate surface area is 121 Å². The van der Waals surface area contributed by atoms with Crippen LogP contribution in [0, 0.1) is 0 Å². The zero-order valence-electron chi connectivity index (χ0n) is 12.2. The first kappa shape index (κ1) is 15.3. The van der Waals surface area contributed by atoms with Gasteiger partial charge in [0.05, 0.1) is 4.90 Å². The van der Waals surface area contributed by atoms with Crippen LogP contribution in [-0.2, 0) is 10.0 Å². The molecule has 0 unspecified atom stereocenters. The topological polar surface area (TPSA) is 62.3 Å². The van der Waals surface area contributed by atoms with Crippen molar-refractivity contribution in [2.75, 3.05) is 19.4 Å². The van der Waals surface area contributed by atoms with Gasteiger partial charge in [-0.2, -0.15) is 4.31 Å². The molecule has 6 heteroatoms. The highest BCUT2D eigenvalue weighted by atomic mass is 32.2. The molecule has 1 aliphatic carbocycles. The predicted molar refractivity (Wildman–Crippen MR) is 80.2 cm³/mol. The van der Waals surface area contributed by atoms with Crippen LogP contribution in [0.2, 0.25) is 0 Å². The molecule has 5 nitrogen and oxygen atoms in total. The fourth-order valence-corrected chi connectivity index (χ4v) is 4.12. The highest BCUT2D eigenvalue weighted by Gasteiger charge is 2.28. The molecule has 1 aromatic rings. The molecule has 2 rings (SSSR count). The van der Waals surface area contributed by atoms with Gasteiger partial charge in [-0.3, -0.25) is 0 Å². The van der Waals surface area contributed by atoms with Gasteiger partial charge in [0.1, 0.15) is 5.82 Å². The summed E-state index contributed by atoms with van der Waals surface area (Å²) in [6.07, 6.45) is 8.09. The lowest BCUT2D eigenvalue weighted by atomic mass is 10.1. The first-order chi connectivity index (χ1) is 9.55. The van der Waals surface area contributed by atoms with Crippen LogP contribution in [0.1, 0.15) is 38.5 Å². The number of nitrogens with one attached hydrogen (secondary N) is 1. The second kappa shape index (κ2) is 6.54. The Morgan fingerprint density at radius 3 is 2.50 bits per heavy atom. The fraction of sp³-hybridized carbons (Fsp3) is 0.643. The van der Waals surface area contributed by atoms with E-state index >= 15 is 0 Å². The predicted octanol–water partition coefficient (Wildman–Crippen LogP) is 2.47. The smallest absolute Gasteiger partial charge is 0.243 e. The second-order valence-corrected chi connectivity index (χ2v) is 7.29. The van der Waals surface area contributed by atoms with E-state index in [0.29, 0.717) is 10.7 Å². The van der Waals surface area contributed by atoms with Gasteiger partial charge >= 0.3 is 0 Å². The SMILES string of the molecule is CNc1cc(S(=O)(=O)N(C)C2CCCCCC2)ccn1. The molecule has 0 aromatic carbocycles. The molecule has 20 heavy (non-hydrogen) atoms. The van der Waals surface area contributed by atoms with Crippen LogP contribution in [0.4, 0.5) is 5.82 Å². The molecule has 1 saturated carbocycles. The van der Waals surface area contributed by atoms with Crippen LogP contribution in [0.3, 0.4) is 0 Å². The molecular weight excluding hydrogens is 274 g/mol. The van der Waals surface area contributed by atoms with E-state index < -0.39 is 10.0 Å². The minimum Gasteiger partial charge on any atom is -0.373 e. The van der Waals surface area contributed by atoms with E-state index in [2.05, 4.69) is 10.3 Å². The largest absolute Gasteiger partial charge is 0.373 e. The first-order valence-electron chi connectivity index (χ1n) is 7.17. The lowest BCUT2D eigenvalue weighted by Crippen LogP contribution is -2.36. The fourth-order valence-electron chi connectivity index (χ4n) is 2.69. The van der Waals surface area contributed by atoms with E-state index in [1.54, 1.807) is 30.5 Å². The van der Waals surface area contributed by atoms with E-state index in [-0.39, 0.29) is 6.04 Å². The molecule has 0 atom stereocenters. The van der Waals surface area contributed by atoms with Crippen molar-refractivity contribution < 1.29 is 8.42 Å². The Bertz CT molecular complexity index is 537. The lowest BCUT2D eigenvalue weighted by Gasteiger charge is -2.26. The number of rotatable bonds is 4. The van der Waals surface area contributed by atoms with Gasteiger partial charge in [0.25, 0.3) is 0 Å². The molecule has 1 aliphatic rings. The summed E-state index contributed by atoms with van der Waals surface area (Å²) in [5, 5.41) is 2.87. The maximum atomic E-state index is 12.7. The van der Waals surface area contributed by atoms with E-state index in [4.69, 9.17) is 0 Å². The monoisotopic (exact) mass is 297 g/mol. The third-order valence-corrected chi connectivity index (χ3v) is 5.91. The van der Waals surface area contributed by atoms with Crippen molar-refractivity contribution in [1.29, 1.82) is 0 Å². The molecule has 1 fully saturated rings. The average Bonchev–Trinajstić information content (AvgIpc) is 2.75. The van der Waals surface area contributed by atoms with Gasteiger partial charge in [-0.25, -0.2) is 13.4 Å². The average molecular weight is 297 g/mol. The van der Waals surface area contributed by atoms with E-state index in [9.17, 15) is 8.42 Å². The number of pyridine rings is 1. The summed E-state index contributed by atoms with van der Waals surface area (Å²) in [5.74, 6) is 0.570. The zero-order valence-corrected chi connectivity index (χ0v) is 13.0. The van der Waals surface area contributed by atoms with Gasteiger partial charge in [-0.1, -0.05) is 25.7 Å². The Morgan fingerprint density at radius 2 is 1.90 bits per heavy atom. The number of nitrogens with zero attached hydrogens (tertiary/aromatic N) is 2. The molecular formula is C14H23N3O2S. The zero-order chi connectivity index (χ0) is 14.6. The minimum atomic E-state index is -3.43. The number of aromatic nitrogens is 1.